The van der Waals surface area contributed by atoms with E-state index in [1.54, 1.807) is 0 Å². The van der Waals surface area contributed by atoms with Crippen molar-refractivity contribution in [1.29, 1.82) is 0 Å². The molecule has 0 N–H and O–H groups in total. The summed E-state index contributed by atoms with van der Waals surface area (Å²) in [6.07, 6.45) is 4.55. The van der Waals surface area contributed by atoms with Gasteiger partial charge in [-0.3, -0.25) is 9.69 Å². The van der Waals surface area contributed by atoms with E-state index >= 15 is 0 Å². The molecule has 1 aromatic carbocycles. The van der Waals surface area contributed by atoms with Crippen LogP contribution in [0.5, 0.6) is 0 Å². The van der Waals surface area contributed by atoms with E-state index < -0.39 is 5.92 Å². The number of rotatable bonds is 6. The van der Waals surface area contributed by atoms with E-state index in [4.69, 9.17) is 0 Å². The number of amides is 1. The number of halogens is 2. The maximum Gasteiger partial charge on any atom is 0.253 e. The number of alkyl halides is 2. The van der Waals surface area contributed by atoms with Crippen LogP contribution in [0.2, 0.25) is 0 Å². The molecular formula is C22H32F2N2O. The monoisotopic (exact) mass is 378 g/mol. The molecule has 1 aliphatic carbocycles. The first-order valence-electron chi connectivity index (χ1n) is 10.4. The van der Waals surface area contributed by atoms with E-state index in [1.807, 2.05) is 35.2 Å². The van der Waals surface area contributed by atoms with Gasteiger partial charge in [0.25, 0.3) is 5.91 Å². The molecule has 3 nitrogen and oxygen atoms in total. The zero-order valence-electron chi connectivity index (χ0n) is 16.4. The van der Waals surface area contributed by atoms with Gasteiger partial charge in [0, 0.05) is 44.1 Å². The minimum Gasteiger partial charge on any atom is -0.339 e. The Hall–Kier alpha value is -1.49. The van der Waals surface area contributed by atoms with Crippen molar-refractivity contribution < 1.29 is 13.6 Å². The summed E-state index contributed by atoms with van der Waals surface area (Å²) in [6, 6.07) is 9.83. The summed E-state index contributed by atoms with van der Waals surface area (Å²) in [5.41, 5.74) is 0.741. The average Bonchev–Trinajstić information content (AvgIpc) is 2.67. The van der Waals surface area contributed by atoms with Crippen molar-refractivity contribution in [1.82, 2.24) is 9.80 Å². The van der Waals surface area contributed by atoms with Crippen LogP contribution >= 0.6 is 0 Å². The van der Waals surface area contributed by atoms with E-state index in [9.17, 15) is 13.6 Å². The van der Waals surface area contributed by atoms with Crippen LogP contribution in [0.4, 0.5) is 8.78 Å². The second kappa shape index (κ2) is 9.13. The molecule has 2 aliphatic rings. The Balaban J connectivity index is 1.54. The fraction of sp³-hybridized carbons (Fsp3) is 0.682. The molecule has 3 rings (SSSR count). The van der Waals surface area contributed by atoms with Crippen molar-refractivity contribution in [2.75, 3.05) is 26.2 Å². The highest BCUT2D eigenvalue weighted by Gasteiger charge is 2.37. The van der Waals surface area contributed by atoms with Crippen molar-refractivity contribution >= 4 is 5.91 Å². The van der Waals surface area contributed by atoms with Gasteiger partial charge in [0.1, 0.15) is 0 Å². The number of carbonyl (C=O) groups is 1. The lowest BCUT2D eigenvalue weighted by Gasteiger charge is -2.41. The number of nitrogens with zero attached hydrogens (tertiary/aromatic N) is 2. The minimum atomic E-state index is -2.48. The van der Waals surface area contributed by atoms with Gasteiger partial charge in [-0.1, -0.05) is 25.1 Å². The third-order valence-electron chi connectivity index (χ3n) is 6.03. The van der Waals surface area contributed by atoms with Gasteiger partial charge in [-0.2, -0.15) is 0 Å². The summed E-state index contributed by atoms with van der Waals surface area (Å²) >= 11 is 0. The molecule has 0 radical (unpaired) electrons. The Bertz CT molecular complexity index is 600. The normalized spacial score (nSPS) is 23.6. The molecule has 27 heavy (non-hydrogen) atoms. The van der Waals surface area contributed by atoms with Crippen LogP contribution in [0.3, 0.4) is 0 Å². The highest BCUT2D eigenvalue weighted by atomic mass is 19.3. The van der Waals surface area contributed by atoms with Crippen molar-refractivity contribution in [3.8, 4) is 0 Å². The topological polar surface area (TPSA) is 23.6 Å². The zero-order valence-corrected chi connectivity index (χ0v) is 16.4. The number of piperidine rings is 1. The molecule has 0 aromatic heterocycles. The lowest BCUT2D eigenvalue weighted by atomic mass is 9.85. The fourth-order valence-corrected chi connectivity index (χ4v) is 4.67. The zero-order chi connectivity index (χ0) is 19.3. The van der Waals surface area contributed by atoms with E-state index in [1.165, 1.54) is 0 Å². The van der Waals surface area contributed by atoms with Crippen LogP contribution in [0.15, 0.2) is 30.3 Å². The number of benzene rings is 1. The predicted molar refractivity (Wildman–Crippen MR) is 104 cm³/mol. The van der Waals surface area contributed by atoms with E-state index in [-0.39, 0.29) is 24.7 Å². The molecule has 5 heteroatoms. The van der Waals surface area contributed by atoms with Gasteiger partial charge in [-0.05, 0) is 56.7 Å². The molecule has 0 spiro atoms. The summed E-state index contributed by atoms with van der Waals surface area (Å²) in [5, 5.41) is 0. The molecule has 1 saturated carbocycles. The third kappa shape index (κ3) is 5.50. The second-order valence-corrected chi connectivity index (χ2v) is 8.20. The highest BCUT2D eigenvalue weighted by molar-refractivity contribution is 5.94. The molecule has 1 aliphatic heterocycles. The van der Waals surface area contributed by atoms with Crippen LogP contribution in [-0.2, 0) is 0 Å². The van der Waals surface area contributed by atoms with Gasteiger partial charge in [-0.15, -0.1) is 0 Å². The molecule has 1 heterocycles. The number of hydrogen-bond acceptors (Lipinski definition) is 2. The Kier molecular flexibility index (Phi) is 6.85. The first kappa shape index (κ1) is 20.2. The first-order chi connectivity index (χ1) is 13.0. The number of carbonyl (C=O) groups excluding carboxylic acids is 1. The van der Waals surface area contributed by atoms with Gasteiger partial charge in [-0.25, -0.2) is 8.78 Å². The summed E-state index contributed by atoms with van der Waals surface area (Å²) in [6.45, 7) is 5.38. The van der Waals surface area contributed by atoms with Gasteiger partial charge in [0.2, 0.25) is 5.92 Å². The van der Waals surface area contributed by atoms with E-state index in [2.05, 4.69) is 11.8 Å². The summed E-state index contributed by atoms with van der Waals surface area (Å²) in [5.74, 6) is -2.28. The van der Waals surface area contributed by atoms with E-state index in [0.29, 0.717) is 12.5 Å². The minimum absolute atomic E-state index is 0.0402. The van der Waals surface area contributed by atoms with Gasteiger partial charge in [0.15, 0.2) is 0 Å². The van der Waals surface area contributed by atoms with Crippen molar-refractivity contribution in [2.24, 2.45) is 5.92 Å². The second-order valence-electron chi connectivity index (χ2n) is 8.20. The van der Waals surface area contributed by atoms with Crippen molar-refractivity contribution in [3.05, 3.63) is 35.9 Å². The Labute approximate surface area is 161 Å². The van der Waals surface area contributed by atoms with E-state index in [0.717, 1.165) is 57.4 Å². The number of hydrogen-bond donors (Lipinski definition) is 0. The van der Waals surface area contributed by atoms with Gasteiger partial charge < -0.3 is 4.90 Å². The average molecular weight is 379 g/mol. The smallest absolute Gasteiger partial charge is 0.253 e. The summed E-state index contributed by atoms with van der Waals surface area (Å²) < 4.78 is 27.5. The Morgan fingerprint density at radius 2 is 1.89 bits per heavy atom. The van der Waals surface area contributed by atoms with Crippen LogP contribution in [0.25, 0.3) is 0 Å². The standard InChI is InChI=1S/C22H32F2N2O/c1-2-13-26(17-18-7-6-12-22(23,24)16-18)20-10-14-25(15-11-20)21(27)19-8-4-3-5-9-19/h3-5,8-9,18,20H,2,6-7,10-17H2,1H3. The van der Waals surface area contributed by atoms with Gasteiger partial charge >= 0.3 is 0 Å². The van der Waals surface area contributed by atoms with Gasteiger partial charge in [0.05, 0.1) is 0 Å². The lowest BCUT2D eigenvalue weighted by Crippen LogP contribution is -2.48. The lowest BCUT2D eigenvalue weighted by molar-refractivity contribution is -0.0597. The largest absolute Gasteiger partial charge is 0.339 e. The molecule has 1 atom stereocenters. The predicted octanol–water partition coefficient (Wildman–Crippen LogP) is 4.83. The van der Waals surface area contributed by atoms with Crippen molar-refractivity contribution in [3.63, 3.8) is 0 Å². The molecule has 1 saturated heterocycles. The Morgan fingerprint density at radius 1 is 1.19 bits per heavy atom. The SMILES string of the molecule is CCCN(CC1CCCC(F)(F)C1)C1CCN(C(=O)c2ccccc2)CC1. The first-order valence-corrected chi connectivity index (χ1v) is 10.4. The van der Waals surface area contributed by atoms with Crippen LogP contribution in [0.1, 0.15) is 62.2 Å². The van der Waals surface area contributed by atoms with Crippen LogP contribution in [0, 0.1) is 5.92 Å². The maximum absolute atomic E-state index is 13.8. The summed E-state index contributed by atoms with van der Waals surface area (Å²) in [7, 11) is 0. The molecule has 1 unspecified atom stereocenters. The van der Waals surface area contributed by atoms with Crippen LogP contribution in [-0.4, -0.2) is 53.9 Å². The molecular weight excluding hydrogens is 346 g/mol. The fourth-order valence-electron chi connectivity index (χ4n) is 4.67. The quantitative estimate of drug-likeness (QED) is 0.708. The molecule has 2 fully saturated rings. The molecule has 0 bridgehead atoms. The third-order valence-corrected chi connectivity index (χ3v) is 6.03. The number of likely N-dealkylation sites (tertiary alicyclic amines) is 1. The molecule has 150 valence electrons. The summed E-state index contributed by atoms with van der Waals surface area (Å²) in [4.78, 5) is 17.0. The molecule has 1 amide bonds. The highest BCUT2D eigenvalue weighted by Crippen LogP contribution is 2.37. The maximum atomic E-state index is 13.8. The molecule has 1 aromatic rings. The Morgan fingerprint density at radius 3 is 2.52 bits per heavy atom. The van der Waals surface area contributed by atoms with Crippen molar-refractivity contribution in [2.45, 2.75) is 63.8 Å². The van der Waals surface area contributed by atoms with Crippen LogP contribution < -0.4 is 0 Å².